The van der Waals surface area contributed by atoms with Crippen molar-refractivity contribution in [1.29, 1.82) is 0 Å². The van der Waals surface area contributed by atoms with Crippen LogP contribution in [-0.2, 0) is 16.4 Å². The fraction of sp³-hybridized carbons (Fsp3) is 0.167. The van der Waals surface area contributed by atoms with Gasteiger partial charge in [0.2, 0.25) is 26.6 Å². The molecule has 0 atom stereocenters. The summed E-state index contributed by atoms with van der Waals surface area (Å²) in [6, 6.07) is 15.7. The third-order valence-electron chi connectivity index (χ3n) is 5.15. The van der Waals surface area contributed by atoms with E-state index in [4.69, 9.17) is 13.9 Å². The van der Waals surface area contributed by atoms with E-state index in [9.17, 15) is 8.42 Å². The van der Waals surface area contributed by atoms with Crippen molar-refractivity contribution in [3.63, 3.8) is 0 Å². The van der Waals surface area contributed by atoms with Crippen molar-refractivity contribution in [3.05, 3.63) is 78.1 Å². The minimum Gasteiger partial charge on any atom is -0.486 e. The van der Waals surface area contributed by atoms with E-state index < -0.39 is 9.84 Å². The van der Waals surface area contributed by atoms with E-state index >= 15 is 0 Å². The molecule has 33 heavy (non-hydrogen) atoms. The molecule has 5 rings (SSSR count). The molecule has 0 fully saturated rings. The van der Waals surface area contributed by atoms with Gasteiger partial charge in [0.05, 0.1) is 4.90 Å². The van der Waals surface area contributed by atoms with Gasteiger partial charge in [-0.25, -0.2) is 8.42 Å². The van der Waals surface area contributed by atoms with E-state index in [-0.39, 0.29) is 21.7 Å². The van der Waals surface area contributed by atoms with Gasteiger partial charge in [-0.2, -0.15) is 4.98 Å². The van der Waals surface area contributed by atoms with Gasteiger partial charge in [-0.3, -0.25) is 4.98 Å². The number of hydrogen-bond acceptors (Lipinski definition) is 8. The summed E-state index contributed by atoms with van der Waals surface area (Å²) in [4.78, 5) is 8.51. The molecule has 2 aromatic heterocycles. The minimum atomic E-state index is -4.02. The van der Waals surface area contributed by atoms with Crippen LogP contribution in [-0.4, -0.2) is 31.6 Å². The zero-order valence-corrected chi connectivity index (χ0v) is 18.6. The summed E-state index contributed by atoms with van der Waals surface area (Å²) in [7, 11) is -4.02. The highest BCUT2D eigenvalue weighted by Crippen LogP contribution is 2.37. The number of hydrogen-bond donors (Lipinski definition) is 1. The maximum Gasteiger partial charge on any atom is 0.234 e. The lowest BCUT2D eigenvalue weighted by atomic mass is 10.1. The van der Waals surface area contributed by atoms with Gasteiger partial charge < -0.3 is 19.2 Å². The van der Waals surface area contributed by atoms with Gasteiger partial charge in [0.15, 0.2) is 11.5 Å². The van der Waals surface area contributed by atoms with Gasteiger partial charge in [0, 0.05) is 30.6 Å². The number of pyridine rings is 1. The van der Waals surface area contributed by atoms with Gasteiger partial charge >= 0.3 is 0 Å². The molecule has 0 saturated heterocycles. The molecule has 3 heterocycles. The average molecular weight is 464 g/mol. The molecule has 0 unspecified atom stereocenters. The molecular formula is C24H21N3O5S. The van der Waals surface area contributed by atoms with Crippen molar-refractivity contribution in [3.8, 4) is 23.0 Å². The first-order chi connectivity index (χ1) is 16.0. The number of anilines is 1. The number of aromatic nitrogens is 2. The van der Waals surface area contributed by atoms with E-state index in [0.29, 0.717) is 36.8 Å². The van der Waals surface area contributed by atoms with Crippen molar-refractivity contribution in [2.45, 2.75) is 23.4 Å². The predicted molar refractivity (Wildman–Crippen MR) is 121 cm³/mol. The van der Waals surface area contributed by atoms with Crippen LogP contribution in [0.4, 0.5) is 5.88 Å². The second-order valence-corrected chi connectivity index (χ2v) is 9.41. The Bertz CT molecular complexity index is 1380. The lowest BCUT2D eigenvalue weighted by Gasteiger charge is -2.18. The Hall–Kier alpha value is -3.85. The van der Waals surface area contributed by atoms with Crippen LogP contribution in [0.3, 0.4) is 0 Å². The molecule has 8 nitrogen and oxygen atoms in total. The van der Waals surface area contributed by atoms with Gasteiger partial charge in [0.25, 0.3) is 0 Å². The quantitative estimate of drug-likeness (QED) is 0.452. The van der Waals surface area contributed by atoms with Crippen molar-refractivity contribution >= 4 is 15.7 Å². The van der Waals surface area contributed by atoms with Gasteiger partial charge in [-0.15, -0.1) is 0 Å². The number of fused-ring (bicyclic) bond motifs is 1. The topological polar surface area (TPSA) is 104 Å². The third-order valence-corrected chi connectivity index (χ3v) is 6.81. The van der Waals surface area contributed by atoms with Crippen LogP contribution >= 0.6 is 0 Å². The van der Waals surface area contributed by atoms with Crippen LogP contribution in [0.5, 0.6) is 11.5 Å². The molecule has 1 aliphatic rings. The fourth-order valence-electron chi connectivity index (χ4n) is 3.41. The largest absolute Gasteiger partial charge is 0.486 e. The summed E-state index contributed by atoms with van der Waals surface area (Å²) >= 11 is 0. The Kier molecular flexibility index (Phi) is 5.47. The van der Waals surface area contributed by atoms with Crippen LogP contribution in [0.25, 0.3) is 11.5 Å². The monoisotopic (exact) mass is 463 g/mol. The van der Waals surface area contributed by atoms with Gasteiger partial charge in [-0.1, -0.05) is 23.8 Å². The molecule has 168 valence electrons. The van der Waals surface area contributed by atoms with Crippen LogP contribution in [0.1, 0.15) is 11.1 Å². The zero-order valence-electron chi connectivity index (χ0n) is 17.8. The number of rotatable bonds is 6. The molecular weight excluding hydrogens is 442 g/mol. The normalized spacial score (nSPS) is 13.0. The lowest BCUT2D eigenvalue weighted by Crippen LogP contribution is -2.16. The van der Waals surface area contributed by atoms with Crippen LogP contribution < -0.4 is 14.8 Å². The standard InChI is InChI=1S/C24H21N3O5S/c1-16-4-6-18(7-5-16)22-27-24(23(32-22)26-15-17-3-2-10-25-14-17)33(28,29)19-8-9-20-21(13-19)31-12-11-30-20/h2-10,13-14,26H,11-12,15H2,1H3. The Morgan fingerprint density at radius 1 is 1.00 bits per heavy atom. The molecule has 0 aliphatic carbocycles. The molecule has 2 aromatic carbocycles. The second kappa shape index (κ2) is 8.59. The molecule has 0 amide bonds. The van der Waals surface area contributed by atoms with Gasteiger partial charge in [0.1, 0.15) is 13.2 Å². The van der Waals surface area contributed by atoms with E-state index in [2.05, 4.69) is 15.3 Å². The van der Waals surface area contributed by atoms with Crippen LogP contribution in [0.2, 0.25) is 0 Å². The summed E-state index contributed by atoms with van der Waals surface area (Å²) in [6.07, 6.45) is 3.37. The first-order valence-electron chi connectivity index (χ1n) is 10.4. The van der Waals surface area contributed by atoms with Gasteiger partial charge in [-0.05, 0) is 42.8 Å². The SMILES string of the molecule is Cc1ccc(-c2nc(S(=O)(=O)c3ccc4c(c3)OCCO4)c(NCc3cccnc3)o2)cc1. The highest BCUT2D eigenvalue weighted by molar-refractivity contribution is 7.91. The first-order valence-corrected chi connectivity index (χ1v) is 11.8. The average Bonchev–Trinajstić information content (AvgIpc) is 3.29. The zero-order chi connectivity index (χ0) is 22.8. The molecule has 0 radical (unpaired) electrons. The summed E-state index contributed by atoms with van der Waals surface area (Å²) in [5.41, 5.74) is 2.62. The van der Waals surface area contributed by atoms with Crippen molar-refractivity contribution in [2.24, 2.45) is 0 Å². The Morgan fingerprint density at radius 2 is 1.79 bits per heavy atom. The number of nitrogens with one attached hydrogen (secondary N) is 1. The maximum absolute atomic E-state index is 13.6. The maximum atomic E-state index is 13.6. The molecule has 0 saturated carbocycles. The summed E-state index contributed by atoms with van der Waals surface area (Å²) < 4.78 is 44.1. The highest BCUT2D eigenvalue weighted by Gasteiger charge is 2.30. The number of nitrogens with zero attached hydrogens (tertiary/aromatic N) is 2. The smallest absolute Gasteiger partial charge is 0.234 e. The van der Waals surface area contributed by atoms with Crippen molar-refractivity contribution in [2.75, 3.05) is 18.5 Å². The van der Waals surface area contributed by atoms with E-state index in [1.165, 1.54) is 12.1 Å². The Morgan fingerprint density at radius 3 is 2.55 bits per heavy atom. The van der Waals surface area contributed by atoms with Crippen LogP contribution in [0, 0.1) is 6.92 Å². The second-order valence-electron chi connectivity index (χ2n) is 7.54. The minimum absolute atomic E-state index is 0.0416. The first kappa shape index (κ1) is 21.0. The third kappa shape index (κ3) is 4.27. The summed E-state index contributed by atoms with van der Waals surface area (Å²) in [5, 5.41) is 2.87. The molecule has 0 spiro atoms. The fourth-order valence-corrected chi connectivity index (χ4v) is 4.70. The molecule has 0 bridgehead atoms. The summed E-state index contributed by atoms with van der Waals surface area (Å²) in [6.45, 7) is 3.07. The molecule has 9 heteroatoms. The van der Waals surface area contributed by atoms with E-state index in [0.717, 1.165) is 11.1 Å². The highest BCUT2D eigenvalue weighted by atomic mass is 32.2. The van der Waals surface area contributed by atoms with Crippen LogP contribution in [0.15, 0.2) is 81.3 Å². The Labute approximate surface area is 191 Å². The van der Waals surface area contributed by atoms with Crippen molar-refractivity contribution < 1.29 is 22.3 Å². The number of oxazole rings is 1. The number of benzene rings is 2. The van der Waals surface area contributed by atoms with E-state index in [1.807, 2.05) is 43.3 Å². The number of ether oxygens (including phenoxy) is 2. The Balaban J connectivity index is 1.55. The molecule has 4 aromatic rings. The molecule has 1 N–H and O–H groups in total. The van der Waals surface area contributed by atoms with Crippen molar-refractivity contribution in [1.82, 2.24) is 9.97 Å². The predicted octanol–water partition coefficient (Wildman–Crippen LogP) is 4.26. The van der Waals surface area contributed by atoms with E-state index in [1.54, 1.807) is 18.5 Å². The number of aryl methyl sites for hydroxylation is 1. The number of sulfone groups is 1. The summed E-state index contributed by atoms with van der Waals surface area (Å²) in [5.74, 6) is 1.16. The lowest BCUT2D eigenvalue weighted by molar-refractivity contribution is 0.171. The molecule has 1 aliphatic heterocycles.